The van der Waals surface area contributed by atoms with E-state index in [1.807, 2.05) is 0 Å². The second kappa shape index (κ2) is 3.79. The highest BCUT2D eigenvalue weighted by Crippen LogP contribution is 2.29. The Morgan fingerprint density at radius 3 is 2.58 bits per heavy atom. The van der Waals surface area contributed by atoms with Crippen molar-refractivity contribution in [1.29, 1.82) is 0 Å². The third-order valence-corrected chi connectivity index (χ3v) is 3.77. The zero-order valence-corrected chi connectivity index (χ0v) is 9.33. The Morgan fingerprint density at radius 2 is 2.00 bits per heavy atom. The minimum atomic E-state index is 1.24. The first kappa shape index (κ1) is 8.57. The Labute approximate surface area is 85.5 Å². The monoisotopic (exact) mass is 245 g/mol. The van der Waals surface area contributed by atoms with E-state index in [1.165, 1.54) is 41.8 Å². The summed E-state index contributed by atoms with van der Waals surface area (Å²) in [6.07, 6.45) is 4.11. The highest BCUT2D eigenvalue weighted by atomic mass is 79.9. The van der Waals surface area contributed by atoms with Gasteiger partial charge in [0.25, 0.3) is 0 Å². The van der Waals surface area contributed by atoms with Gasteiger partial charge in [0.1, 0.15) is 0 Å². The van der Waals surface area contributed by atoms with E-state index in [9.17, 15) is 0 Å². The van der Waals surface area contributed by atoms with Crippen molar-refractivity contribution in [3.8, 4) is 0 Å². The zero-order chi connectivity index (χ0) is 8.39. The fourth-order valence-electron chi connectivity index (χ4n) is 1.62. The first-order valence-corrected chi connectivity index (χ1v) is 6.02. The molecule has 1 nitrogen and oxygen atoms in total. The summed E-state index contributed by atoms with van der Waals surface area (Å²) >= 11 is 5.26. The molecule has 0 aromatic carbocycles. The summed E-state index contributed by atoms with van der Waals surface area (Å²) in [4.78, 5) is 2.48. The minimum absolute atomic E-state index is 1.24. The van der Waals surface area contributed by atoms with E-state index in [1.54, 1.807) is 11.3 Å². The Hall–Kier alpha value is -0.0200. The maximum absolute atomic E-state index is 3.49. The van der Waals surface area contributed by atoms with Crippen LogP contribution in [0.25, 0.3) is 0 Å². The predicted molar refractivity (Wildman–Crippen MR) is 58.1 cm³/mol. The second-order valence-corrected chi connectivity index (χ2v) is 5.45. The Bertz CT molecular complexity index is 253. The molecule has 0 spiro atoms. The lowest BCUT2D eigenvalue weighted by molar-refractivity contribution is 0.578. The predicted octanol–water partition coefficient (Wildman–Crippen LogP) is 3.50. The summed E-state index contributed by atoms with van der Waals surface area (Å²) in [7, 11) is 0. The summed E-state index contributed by atoms with van der Waals surface area (Å²) in [5, 5.41) is 2.23. The van der Waals surface area contributed by atoms with Crippen molar-refractivity contribution in [2.75, 3.05) is 18.0 Å². The van der Waals surface area contributed by atoms with E-state index in [-0.39, 0.29) is 0 Å². The third kappa shape index (κ3) is 1.83. The van der Waals surface area contributed by atoms with Gasteiger partial charge in [-0.3, -0.25) is 0 Å². The SMILES string of the molecule is Brc1cc(N2CCCCC2)cs1. The lowest BCUT2D eigenvalue weighted by Crippen LogP contribution is -2.28. The Balaban J connectivity index is 2.08. The maximum Gasteiger partial charge on any atom is 0.0719 e. The van der Waals surface area contributed by atoms with E-state index in [0.717, 1.165) is 0 Å². The molecule has 0 atom stereocenters. The lowest BCUT2D eigenvalue weighted by atomic mass is 10.1. The molecule has 0 radical (unpaired) electrons. The van der Waals surface area contributed by atoms with Crippen LogP contribution < -0.4 is 4.90 Å². The molecule has 0 aliphatic carbocycles. The first-order chi connectivity index (χ1) is 5.86. The van der Waals surface area contributed by atoms with Crippen LogP contribution in [0.5, 0.6) is 0 Å². The van der Waals surface area contributed by atoms with Gasteiger partial charge in [-0.15, -0.1) is 11.3 Å². The smallest absolute Gasteiger partial charge is 0.0719 e. The molecule has 1 saturated heterocycles. The molecule has 2 rings (SSSR count). The summed E-state index contributed by atoms with van der Waals surface area (Å²) in [6.45, 7) is 2.48. The van der Waals surface area contributed by atoms with Crippen LogP contribution >= 0.6 is 27.3 Å². The van der Waals surface area contributed by atoms with Crippen molar-refractivity contribution in [1.82, 2.24) is 0 Å². The van der Waals surface area contributed by atoms with Crippen molar-refractivity contribution >= 4 is 33.0 Å². The lowest BCUT2D eigenvalue weighted by Gasteiger charge is -2.27. The quantitative estimate of drug-likeness (QED) is 0.733. The molecular weight excluding hydrogens is 234 g/mol. The van der Waals surface area contributed by atoms with Gasteiger partial charge in [-0.05, 0) is 41.3 Å². The van der Waals surface area contributed by atoms with E-state index in [2.05, 4.69) is 32.3 Å². The molecule has 0 unspecified atom stereocenters. The molecule has 0 saturated carbocycles. The molecule has 0 N–H and O–H groups in total. The van der Waals surface area contributed by atoms with Crippen LogP contribution in [0.4, 0.5) is 5.69 Å². The molecule has 66 valence electrons. The van der Waals surface area contributed by atoms with Gasteiger partial charge < -0.3 is 4.90 Å². The van der Waals surface area contributed by atoms with Crippen molar-refractivity contribution < 1.29 is 0 Å². The number of anilines is 1. The van der Waals surface area contributed by atoms with Crippen molar-refractivity contribution in [3.63, 3.8) is 0 Å². The number of piperidine rings is 1. The third-order valence-electron chi connectivity index (χ3n) is 2.27. The summed E-state index contributed by atoms with van der Waals surface area (Å²) in [5.41, 5.74) is 1.39. The highest BCUT2D eigenvalue weighted by molar-refractivity contribution is 9.11. The van der Waals surface area contributed by atoms with Gasteiger partial charge in [0.2, 0.25) is 0 Å². The van der Waals surface area contributed by atoms with Gasteiger partial charge in [-0.2, -0.15) is 0 Å². The summed E-state index contributed by atoms with van der Waals surface area (Å²) in [5.74, 6) is 0. The molecule has 12 heavy (non-hydrogen) atoms. The number of halogens is 1. The molecule has 1 aliphatic rings. The Morgan fingerprint density at radius 1 is 1.25 bits per heavy atom. The van der Waals surface area contributed by atoms with Gasteiger partial charge in [0.05, 0.1) is 3.79 Å². The summed E-state index contributed by atoms with van der Waals surface area (Å²) in [6, 6.07) is 2.22. The van der Waals surface area contributed by atoms with Crippen molar-refractivity contribution in [2.24, 2.45) is 0 Å². The molecule has 3 heteroatoms. The van der Waals surface area contributed by atoms with Gasteiger partial charge in [0, 0.05) is 24.2 Å². The largest absolute Gasteiger partial charge is 0.371 e. The normalized spacial score (nSPS) is 18.2. The molecule has 0 amide bonds. The fourth-order valence-corrected chi connectivity index (χ4v) is 2.77. The number of thiophene rings is 1. The van der Waals surface area contributed by atoms with E-state index >= 15 is 0 Å². The maximum atomic E-state index is 3.49. The van der Waals surface area contributed by atoms with E-state index in [4.69, 9.17) is 0 Å². The molecule has 1 fully saturated rings. The van der Waals surface area contributed by atoms with E-state index in [0.29, 0.717) is 0 Å². The topological polar surface area (TPSA) is 3.24 Å². The minimum Gasteiger partial charge on any atom is -0.371 e. The molecule has 2 heterocycles. The number of hydrogen-bond donors (Lipinski definition) is 0. The van der Waals surface area contributed by atoms with E-state index < -0.39 is 0 Å². The standard InChI is InChI=1S/C9H12BrNS/c10-9-6-8(7-12-9)11-4-2-1-3-5-11/h6-7H,1-5H2. The van der Waals surface area contributed by atoms with Crippen molar-refractivity contribution in [3.05, 3.63) is 15.2 Å². The number of rotatable bonds is 1. The van der Waals surface area contributed by atoms with Gasteiger partial charge >= 0.3 is 0 Å². The van der Waals surface area contributed by atoms with Crippen molar-refractivity contribution in [2.45, 2.75) is 19.3 Å². The molecule has 1 aromatic rings. The van der Waals surface area contributed by atoms with Gasteiger partial charge in [-0.1, -0.05) is 0 Å². The molecule has 0 bridgehead atoms. The van der Waals surface area contributed by atoms with Crippen LogP contribution in [0.3, 0.4) is 0 Å². The average molecular weight is 246 g/mol. The van der Waals surface area contributed by atoms with Crippen LogP contribution in [0.15, 0.2) is 15.2 Å². The zero-order valence-electron chi connectivity index (χ0n) is 6.92. The fraction of sp³-hybridized carbons (Fsp3) is 0.556. The van der Waals surface area contributed by atoms with Crippen LogP contribution in [0.2, 0.25) is 0 Å². The number of nitrogens with zero attached hydrogens (tertiary/aromatic N) is 1. The van der Waals surface area contributed by atoms with Crippen LogP contribution in [-0.4, -0.2) is 13.1 Å². The first-order valence-electron chi connectivity index (χ1n) is 4.35. The van der Waals surface area contributed by atoms with Gasteiger partial charge in [-0.25, -0.2) is 0 Å². The Kier molecular flexibility index (Phi) is 2.71. The summed E-state index contributed by atoms with van der Waals surface area (Å²) < 4.78 is 1.24. The molecular formula is C9H12BrNS. The molecule has 1 aromatic heterocycles. The second-order valence-electron chi connectivity index (χ2n) is 3.16. The number of hydrogen-bond acceptors (Lipinski definition) is 2. The average Bonchev–Trinajstić information content (AvgIpc) is 2.54. The van der Waals surface area contributed by atoms with Gasteiger partial charge in [0.15, 0.2) is 0 Å². The van der Waals surface area contributed by atoms with Crippen LogP contribution in [0, 0.1) is 0 Å². The van der Waals surface area contributed by atoms with Crippen LogP contribution in [-0.2, 0) is 0 Å². The van der Waals surface area contributed by atoms with Crippen LogP contribution in [0.1, 0.15) is 19.3 Å². The highest BCUT2D eigenvalue weighted by Gasteiger charge is 2.11. The molecule has 1 aliphatic heterocycles.